The first-order valence-electron chi connectivity index (χ1n) is 6.17. The minimum atomic E-state index is -0.571. The summed E-state index contributed by atoms with van der Waals surface area (Å²) in [5, 5.41) is 9.99. The second kappa shape index (κ2) is 4.70. The average molecular weight is 235 g/mol. The summed E-state index contributed by atoms with van der Waals surface area (Å²) in [4.78, 5) is 10.8. The van der Waals surface area contributed by atoms with Crippen LogP contribution in [0.2, 0.25) is 0 Å². The molecule has 0 bridgehead atoms. The summed E-state index contributed by atoms with van der Waals surface area (Å²) in [6.07, 6.45) is 4.84. The van der Waals surface area contributed by atoms with E-state index in [-0.39, 0.29) is 0 Å². The van der Waals surface area contributed by atoms with Gasteiger partial charge in [-0.3, -0.25) is 4.90 Å². The van der Waals surface area contributed by atoms with Crippen LogP contribution < -0.4 is 0 Å². The SMILES string of the molecule is Cc1ncc(CN2CC[C@@H](C(C)(C)O)C2)cn1. The first kappa shape index (κ1) is 12.5. The summed E-state index contributed by atoms with van der Waals surface area (Å²) in [6.45, 7) is 8.57. The zero-order valence-corrected chi connectivity index (χ0v) is 10.8. The molecule has 0 spiro atoms. The third kappa shape index (κ3) is 3.23. The van der Waals surface area contributed by atoms with E-state index < -0.39 is 5.60 Å². The van der Waals surface area contributed by atoms with Crippen LogP contribution in [0.1, 0.15) is 31.7 Å². The van der Waals surface area contributed by atoms with Gasteiger partial charge in [0.2, 0.25) is 0 Å². The molecule has 4 nitrogen and oxygen atoms in total. The van der Waals surface area contributed by atoms with Gasteiger partial charge in [-0.05, 0) is 33.7 Å². The van der Waals surface area contributed by atoms with Crippen molar-refractivity contribution in [2.45, 2.75) is 39.3 Å². The van der Waals surface area contributed by atoms with Crippen molar-refractivity contribution in [3.05, 3.63) is 23.8 Å². The van der Waals surface area contributed by atoms with Crippen molar-refractivity contribution in [2.75, 3.05) is 13.1 Å². The summed E-state index contributed by atoms with van der Waals surface area (Å²) in [6, 6.07) is 0. The Morgan fingerprint density at radius 3 is 2.59 bits per heavy atom. The maximum atomic E-state index is 9.99. The lowest BCUT2D eigenvalue weighted by molar-refractivity contribution is 0.0208. The lowest BCUT2D eigenvalue weighted by atomic mass is 9.90. The van der Waals surface area contributed by atoms with Gasteiger partial charge in [0.1, 0.15) is 5.82 Å². The molecule has 1 aliphatic heterocycles. The number of rotatable bonds is 3. The molecule has 1 atom stereocenters. The van der Waals surface area contributed by atoms with Crippen LogP contribution in [0.4, 0.5) is 0 Å². The van der Waals surface area contributed by atoms with Gasteiger partial charge in [-0.1, -0.05) is 0 Å². The fourth-order valence-electron chi connectivity index (χ4n) is 2.31. The highest BCUT2D eigenvalue weighted by atomic mass is 16.3. The van der Waals surface area contributed by atoms with E-state index in [4.69, 9.17) is 0 Å². The van der Waals surface area contributed by atoms with Crippen molar-refractivity contribution in [3.63, 3.8) is 0 Å². The molecule has 0 radical (unpaired) electrons. The van der Waals surface area contributed by atoms with E-state index >= 15 is 0 Å². The number of aromatic nitrogens is 2. The number of aliphatic hydroxyl groups is 1. The topological polar surface area (TPSA) is 49.2 Å². The van der Waals surface area contributed by atoms with Crippen LogP contribution in [0, 0.1) is 12.8 Å². The molecule has 0 amide bonds. The summed E-state index contributed by atoms with van der Waals surface area (Å²) in [5.74, 6) is 1.18. The van der Waals surface area contributed by atoms with Gasteiger partial charge < -0.3 is 5.11 Å². The summed E-state index contributed by atoms with van der Waals surface area (Å²) in [5.41, 5.74) is 0.574. The van der Waals surface area contributed by atoms with Crippen LogP contribution >= 0.6 is 0 Å². The molecule has 0 aliphatic carbocycles. The Labute approximate surface area is 103 Å². The molecule has 2 heterocycles. The quantitative estimate of drug-likeness (QED) is 0.860. The normalized spacial score (nSPS) is 22.0. The Kier molecular flexibility index (Phi) is 3.45. The summed E-state index contributed by atoms with van der Waals surface area (Å²) >= 11 is 0. The molecule has 1 N–H and O–H groups in total. The Morgan fingerprint density at radius 2 is 2.06 bits per heavy atom. The second-order valence-corrected chi connectivity index (χ2v) is 5.51. The highest BCUT2D eigenvalue weighted by Gasteiger charge is 2.33. The lowest BCUT2D eigenvalue weighted by Crippen LogP contribution is -2.33. The van der Waals surface area contributed by atoms with E-state index in [2.05, 4.69) is 14.9 Å². The van der Waals surface area contributed by atoms with Gasteiger partial charge in [-0.2, -0.15) is 0 Å². The Balaban J connectivity index is 1.92. The first-order valence-corrected chi connectivity index (χ1v) is 6.17. The molecule has 0 aromatic carbocycles. The van der Waals surface area contributed by atoms with Gasteiger partial charge >= 0.3 is 0 Å². The molecular weight excluding hydrogens is 214 g/mol. The van der Waals surface area contributed by atoms with Gasteiger partial charge in [0.25, 0.3) is 0 Å². The third-order valence-corrected chi connectivity index (χ3v) is 3.51. The fourth-order valence-corrected chi connectivity index (χ4v) is 2.31. The smallest absolute Gasteiger partial charge is 0.125 e. The molecule has 0 unspecified atom stereocenters. The Bertz CT molecular complexity index is 369. The van der Waals surface area contributed by atoms with E-state index in [1.54, 1.807) is 0 Å². The van der Waals surface area contributed by atoms with Gasteiger partial charge in [0, 0.05) is 37.0 Å². The summed E-state index contributed by atoms with van der Waals surface area (Å²) in [7, 11) is 0. The zero-order chi connectivity index (χ0) is 12.5. The average Bonchev–Trinajstić information content (AvgIpc) is 2.69. The van der Waals surface area contributed by atoms with Gasteiger partial charge in [0.05, 0.1) is 5.60 Å². The van der Waals surface area contributed by atoms with E-state index in [0.717, 1.165) is 37.4 Å². The van der Waals surface area contributed by atoms with Crippen molar-refractivity contribution >= 4 is 0 Å². The van der Waals surface area contributed by atoms with Crippen LogP contribution in [-0.2, 0) is 6.54 Å². The molecule has 2 rings (SSSR count). The highest BCUT2D eigenvalue weighted by molar-refractivity contribution is 5.05. The van der Waals surface area contributed by atoms with Crippen molar-refractivity contribution < 1.29 is 5.11 Å². The third-order valence-electron chi connectivity index (χ3n) is 3.51. The minimum Gasteiger partial charge on any atom is -0.390 e. The van der Waals surface area contributed by atoms with Crippen molar-refractivity contribution in [1.82, 2.24) is 14.9 Å². The number of hydrogen-bond acceptors (Lipinski definition) is 4. The van der Waals surface area contributed by atoms with E-state index in [0.29, 0.717) is 5.92 Å². The summed E-state index contributed by atoms with van der Waals surface area (Å²) < 4.78 is 0. The van der Waals surface area contributed by atoms with Gasteiger partial charge in [-0.25, -0.2) is 9.97 Å². The van der Waals surface area contributed by atoms with Crippen molar-refractivity contribution in [3.8, 4) is 0 Å². The van der Waals surface area contributed by atoms with E-state index in [9.17, 15) is 5.11 Å². The minimum absolute atomic E-state index is 0.369. The number of hydrogen-bond donors (Lipinski definition) is 1. The highest BCUT2D eigenvalue weighted by Crippen LogP contribution is 2.27. The maximum Gasteiger partial charge on any atom is 0.125 e. The monoisotopic (exact) mass is 235 g/mol. The molecule has 94 valence electrons. The van der Waals surface area contributed by atoms with Crippen LogP contribution in [0.25, 0.3) is 0 Å². The zero-order valence-electron chi connectivity index (χ0n) is 10.8. The molecule has 1 fully saturated rings. The first-order chi connectivity index (χ1) is 7.95. The molecular formula is C13H21N3O. The second-order valence-electron chi connectivity index (χ2n) is 5.51. The molecule has 1 aromatic heterocycles. The van der Waals surface area contributed by atoms with Crippen LogP contribution in [-0.4, -0.2) is 38.7 Å². The predicted octanol–water partition coefficient (Wildman–Crippen LogP) is 1.38. The van der Waals surface area contributed by atoms with E-state index in [1.807, 2.05) is 33.2 Å². The molecule has 1 saturated heterocycles. The largest absolute Gasteiger partial charge is 0.390 e. The number of aryl methyl sites for hydroxylation is 1. The Hall–Kier alpha value is -1.00. The van der Waals surface area contributed by atoms with Crippen molar-refractivity contribution in [2.24, 2.45) is 5.92 Å². The van der Waals surface area contributed by atoms with Crippen LogP contribution in [0.15, 0.2) is 12.4 Å². The predicted molar refractivity (Wildman–Crippen MR) is 66.5 cm³/mol. The molecule has 1 aliphatic rings. The lowest BCUT2D eigenvalue weighted by Gasteiger charge is -2.25. The van der Waals surface area contributed by atoms with E-state index in [1.165, 1.54) is 0 Å². The molecule has 4 heteroatoms. The molecule has 17 heavy (non-hydrogen) atoms. The number of nitrogens with zero attached hydrogens (tertiary/aromatic N) is 3. The fraction of sp³-hybridized carbons (Fsp3) is 0.692. The van der Waals surface area contributed by atoms with Gasteiger partial charge in [-0.15, -0.1) is 0 Å². The standard InChI is InChI=1S/C13H21N3O/c1-10-14-6-11(7-15-10)8-16-5-4-12(9-16)13(2,3)17/h6-7,12,17H,4-5,8-9H2,1-3H3/t12-/m1/s1. The Morgan fingerprint density at radius 1 is 1.41 bits per heavy atom. The van der Waals surface area contributed by atoms with Gasteiger partial charge in [0.15, 0.2) is 0 Å². The van der Waals surface area contributed by atoms with Crippen LogP contribution in [0.3, 0.4) is 0 Å². The molecule has 0 saturated carbocycles. The molecule has 1 aromatic rings. The number of likely N-dealkylation sites (tertiary alicyclic amines) is 1. The van der Waals surface area contributed by atoms with Crippen molar-refractivity contribution in [1.29, 1.82) is 0 Å². The maximum absolute atomic E-state index is 9.99. The van der Waals surface area contributed by atoms with Crippen LogP contribution in [0.5, 0.6) is 0 Å².